The van der Waals surface area contributed by atoms with Gasteiger partial charge in [0.05, 0.1) is 12.8 Å². The molecular formula is C16H21N3O4S. The summed E-state index contributed by atoms with van der Waals surface area (Å²) in [6.45, 7) is 1.57. The molecule has 130 valence electrons. The number of carbonyl (C=O) groups is 3. The van der Waals surface area contributed by atoms with Gasteiger partial charge < -0.3 is 15.4 Å². The number of imide groups is 1. The maximum atomic E-state index is 12.2. The average molecular weight is 351 g/mol. The second-order valence-corrected chi connectivity index (χ2v) is 6.45. The summed E-state index contributed by atoms with van der Waals surface area (Å²) in [5, 5.41) is 5.30. The lowest BCUT2D eigenvalue weighted by molar-refractivity contribution is -0.130. The second-order valence-electron chi connectivity index (χ2n) is 5.46. The van der Waals surface area contributed by atoms with Crippen molar-refractivity contribution in [3.8, 4) is 5.75 Å². The Labute approximate surface area is 145 Å². The van der Waals surface area contributed by atoms with Gasteiger partial charge in [-0.3, -0.25) is 14.5 Å². The standard InChI is InChI=1S/C16H21N3O4S/c1-10-4-5-13(23-2)12(8-10)17-14(20)9-19-15(21)11(6-7-24-3)18-16(19)22/h4-5,8,11H,6-7,9H2,1-3H3,(H,17,20)(H,18,22)/t11-/m1/s1. The highest BCUT2D eigenvalue weighted by molar-refractivity contribution is 7.98. The maximum Gasteiger partial charge on any atom is 0.325 e. The minimum absolute atomic E-state index is 0.322. The summed E-state index contributed by atoms with van der Waals surface area (Å²) in [7, 11) is 1.51. The number of hydrogen-bond acceptors (Lipinski definition) is 5. The normalized spacial score (nSPS) is 17.0. The molecule has 1 aliphatic heterocycles. The van der Waals surface area contributed by atoms with E-state index in [1.807, 2.05) is 19.2 Å². The number of nitrogens with one attached hydrogen (secondary N) is 2. The summed E-state index contributed by atoms with van der Waals surface area (Å²) in [4.78, 5) is 37.3. The van der Waals surface area contributed by atoms with Crippen LogP contribution in [0.15, 0.2) is 18.2 Å². The maximum absolute atomic E-state index is 12.2. The number of benzene rings is 1. The van der Waals surface area contributed by atoms with Gasteiger partial charge >= 0.3 is 6.03 Å². The predicted molar refractivity (Wildman–Crippen MR) is 93.4 cm³/mol. The molecule has 1 saturated heterocycles. The van der Waals surface area contributed by atoms with Gasteiger partial charge in [0.25, 0.3) is 5.91 Å². The molecule has 0 saturated carbocycles. The van der Waals surface area contributed by atoms with E-state index in [-0.39, 0.29) is 12.5 Å². The Morgan fingerprint density at radius 1 is 1.42 bits per heavy atom. The Balaban J connectivity index is 2.01. The van der Waals surface area contributed by atoms with Crippen LogP contribution < -0.4 is 15.4 Å². The molecule has 1 heterocycles. The molecule has 2 N–H and O–H groups in total. The molecule has 0 aromatic heterocycles. The highest BCUT2D eigenvalue weighted by Gasteiger charge is 2.38. The zero-order chi connectivity index (χ0) is 17.7. The number of nitrogens with zero attached hydrogens (tertiary/aromatic N) is 1. The molecule has 1 aromatic carbocycles. The molecule has 0 bridgehead atoms. The Morgan fingerprint density at radius 3 is 2.83 bits per heavy atom. The number of urea groups is 1. The van der Waals surface area contributed by atoms with E-state index in [0.29, 0.717) is 17.9 Å². The molecular weight excluding hydrogens is 330 g/mol. The zero-order valence-electron chi connectivity index (χ0n) is 13.9. The monoisotopic (exact) mass is 351 g/mol. The number of amides is 4. The molecule has 1 atom stereocenters. The Kier molecular flexibility index (Phi) is 6.08. The summed E-state index contributed by atoms with van der Waals surface area (Å²) < 4.78 is 5.20. The summed E-state index contributed by atoms with van der Waals surface area (Å²) >= 11 is 1.60. The van der Waals surface area contributed by atoms with E-state index in [0.717, 1.165) is 16.2 Å². The molecule has 7 nitrogen and oxygen atoms in total. The minimum atomic E-state index is -0.550. The van der Waals surface area contributed by atoms with Gasteiger partial charge in [-0.1, -0.05) is 6.07 Å². The van der Waals surface area contributed by atoms with Gasteiger partial charge in [-0.15, -0.1) is 0 Å². The molecule has 1 aromatic rings. The summed E-state index contributed by atoms with van der Waals surface area (Å²) in [6.07, 6.45) is 2.48. The fraction of sp³-hybridized carbons (Fsp3) is 0.438. The lowest BCUT2D eigenvalue weighted by Crippen LogP contribution is -2.38. The first-order valence-corrected chi connectivity index (χ1v) is 8.91. The van der Waals surface area contributed by atoms with Crippen molar-refractivity contribution in [1.29, 1.82) is 0 Å². The van der Waals surface area contributed by atoms with Gasteiger partial charge in [-0.2, -0.15) is 11.8 Å². The molecule has 0 unspecified atom stereocenters. The predicted octanol–water partition coefficient (Wildman–Crippen LogP) is 1.62. The smallest absolute Gasteiger partial charge is 0.325 e. The zero-order valence-corrected chi connectivity index (χ0v) is 14.7. The molecule has 0 aliphatic carbocycles. The number of anilines is 1. The molecule has 0 radical (unpaired) electrons. The summed E-state index contributed by atoms with van der Waals surface area (Å²) in [5.41, 5.74) is 1.46. The second kappa shape index (κ2) is 8.05. The van der Waals surface area contributed by atoms with Crippen LogP contribution in [0.25, 0.3) is 0 Å². The van der Waals surface area contributed by atoms with Crippen molar-refractivity contribution in [3.05, 3.63) is 23.8 Å². The van der Waals surface area contributed by atoms with Crippen LogP contribution in [0.1, 0.15) is 12.0 Å². The topological polar surface area (TPSA) is 87.7 Å². The van der Waals surface area contributed by atoms with Crippen LogP contribution in [0.4, 0.5) is 10.5 Å². The van der Waals surface area contributed by atoms with Crippen molar-refractivity contribution in [2.24, 2.45) is 0 Å². The van der Waals surface area contributed by atoms with E-state index in [9.17, 15) is 14.4 Å². The molecule has 1 aliphatic rings. The number of hydrogen-bond donors (Lipinski definition) is 2. The summed E-state index contributed by atoms with van der Waals surface area (Å²) in [6, 6.07) is 4.30. The number of methoxy groups -OCH3 is 1. The number of carbonyl (C=O) groups excluding carboxylic acids is 3. The largest absolute Gasteiger partial charge is 0.495 e. The first-order chi connectivity index (χ1) is 11.5. The quantitative estimate of drug-likeness (QED) is 0.729. The van der Waals surface area contributed by atoms with Crippen LogP contribution >= 0.6 is 11.8 Å². The molecule has 4 amide bonds. The van der Waals surface area contributed by atoms with Crippen molar-refractivity contribution >= 4 is 35.3 Å². The van der Waals surface area contributed by atoms with Crippen molar-refractivity contribution in [1.82, 2.24) is 10.2 Å². The highest BCUT2D eigenvalue weighted by atomic mass is 32.2. The lowest BCUT2D eigenvalue weighted by Gasteiger charge is -2.15. The van der Waals surface area contributed by atoms with Gasteiger partial charge in [0.15, 0.2) is 0 Å². The summed E-state index contributed by atoms with van der Waals surface area (Å²) in [5.74, 6) is 0.467. The van der Waals surface area contributed by atoms with Crippen molar-refractivity contribution in [3.63, 3.8) is 0 Å². The third-order valence-corrected chi connectivity index (χ3v) is 4.29. The van der Waals surface area contributed by atoms with Crippen LogP contribution in [0, 0.1) is 6.92 Å². The third kappa shape index (κ3) is 4.19. The number of ether oxygens (including phenoxy) is 1. The molecule has 1 fully saturated rings. The van der Waals surface area contributed by atoms with Crippen molar-refractivity contribution < 1.29 is 19.1 Å². The molecule has 2 rings (SSSR count). The van der Waals surface area contributed by atoms with Crippen LogP contribution in [0.3, 0.4) is 0 Å². The Bertz CT molecular complexity index is 650. The van der Waals surface area contributed by atoms with Gasteiger partial charge in [-0.05, 0) is 43.0 Å². The van der Waals surface area contributed by atoms with Crippen LogP contribution in [0.5, 0.6) is 5.75 Å². The Hall–Kier alpha value is -2.22. The van der Waals surface area contributed by atoms with Crippen LogP contribution in [-0.4, -0.2) is 54.5 Å². The minimum Gasteiger partial charge on any atom is -0.495 e. The third-order valence-electron chi connectivity index (χ3n) is 3.65. The SMILES string of the molecule is COc1ccc(C)cc1NC(=O)CN1C(=O)N[C@H](CCSC)C1=O. The first kappa shape index (κ1) is 18.1. The molecule has 24 heavy (non-hydrogen) atoms. The lowest BCUT2D eigenvalue weighted by atomic mass is 10.2. The number of aryl methyl sites for hydroxylation is 1. The average Bonchev–Trinajstić information content (AvgIpc) is 2.80. The highest BCUT2D eigenvalue weighted by Crippen LogP contribution is 2.25. The number of thioether (sulfide) groups is 1. The van der Waals surface area contributed by atoms with Gasteiger partial charge in [0.1, 0.15) is 18.3 Å². The van der Waals surface area contributed by atoms with E-state index in [1.54, 1.807) is 23.9 Å². The fourth-order valence-electron chi connectivity index (χ4n) is 2.41. The van der Waals surface area contributed by atoms with Crippen molar-refractivity contribution in [2.75, 3.05) is 31.0 Å². The van der Waals surface area contributed by atoms with E-state index in [4.69, 9.17) is 4.74 Å². The van der Waals surface area contributed by atoms with E-state index in [1.165, 1.54) is 7.11 Å². The van der Waals surface area contributed by atoms with Crippen molar-refractivity contribution in [2.45, 2.75) is 19.4 Å². The fourth-order valence-corrected chi connectivity index (χ4v) is 2.88. The van der Waals surface area contributed by atoms with Gasteiger partial charge in [0, 0.05) is 0 Å². The first-order valence-electron chi connectivity index (χ1n) is 7.51. The van der Waals surface area contributed by atoms with Gasteiger partial charge in [0.2, 0.25) is 5.91 Å². The van der Waals surface area contributed by atoms with E-state index >= 15 is 0 Å². The van der Waals surface area contributed by atoms with Crippen LogP contribution in [-0.2, 0) is 9.59 Å². The van der Waals surface area contributed by atoms with E-state index < -0.39 is 18.0 Å². The Morgan fingerprint density at radius 2 is 2.17 bits per heavy atom. The van der Waals surface area contributed by atoms with Crippen LogP contribution in [0.2, 0.25) is 0 Å². The van der Waals surface area contributed by atoms with Gasteiger partial charge in [-0.25, -0.2) is 4.79 Å². The van der Waals surface area contributed by atoms with E-state index in [2.05, 4.69) is 10.6 Å². The molecule has 0 spiro atoms. The molecule has 8 heteroatoms. The number of rotatable bonds is 7.